The fraction of sp³-hybridized carbons (Fsp3) is 0.233. The Hall–Kier alpha value is -4.73. The SMILES string of the molecule is COc1cccc(F)c1-c1nccc(C(=O)Cc2ccc(-c3cnccc3C#N)cc2N2CC[C@@H]2COS(C)(=O)=O)n1. The van der Waals surface area contributed by atoms with Crippen LogP contribution in [0, 0.1) is 17.1 Å². The number of carbonyl (C=O) groups excluding carboxylic acids is 1. The number of halogens is 1. The number of aromatic nitrogens is 3. The lowest BCUT2D eigenvalue weighted by Gasteiger charge is -2.43. The summed E-state index contributed by atoms with van der Waals surface area (Å²) in [5.74, 6) is -0.645. The van der Waals surface area contributed by atoms with Crippen molar-refractivity contribution >= 4 is 21.6 Å². The first-order valence-corrected chi connectivity index (χ1v) is 14.8. The van der Waals surface area contributed by atoms with Gasteiger partial charge in [-0.05, 0) is 47.9 Å². The molecule has 0 amide bonds. The molecule has 5 rings (SSSR count). The molecule has 2 aromatic carbocycles. The van der Waals surface area contributed by atoms with Gasteiger partial charge in [-0.15, -0.1) is 0 Å². The Morgan fingerprint density at radius 1 is 1.19 bits per heavy atom. The minimum atomic E-state index is -3.64. The average Bonchev–Trinajstić information content (AvgIpc) is 2.96. The number of nitrogens with zero attached hydrogens (tertiary/aromatic N) is 5. The van der Waals surface area contributed by atoms with Gasteiger partial charge in [0.2, 0.25) is 0 Å². The summed E-state index contributed by atoms with van der Waals surface area (Å²) in [6.45, 7) is 0.581. The monoisotopic (exact) mass is 587 g/mol. The molecule has 1 atom stereocenters. The second kappa shape index (κ2) is 12.0. The number of ether oxygens (including phenoxy) is 1. The Morgan fingerprint density at radius 2 is 2.02 bits per heavy atom. The summed E-state index contributed by atoms with van der Waals surface area (Å²) in [5, 5.41) is 9.61. The van der Waals surface area contributed by atoms with Crippen LogP contribution in [0.3, 0.4) is 0 Å². The van der Waals surface area contributed by atoms with Crippen molar-refractivity contribution in [3.8, 4) is 34.3 Å². The predicted molar refractivity (Wildman–Crippen MR) is 153 cm³/mol. The topological polar surface area (TPSA) is 135 Å². The summed E-state index contributed by atoms with van der Waals surface area (Å²) < 4.78 is 48.3. The summed E-state index contributed by atoms with van der Waals surface area (Å²) in [7, 11) is -2.23. The van der Waals surface area contributed by atoms with Gasteiger partial charge >= 0.3 is 0 Å². The highest BCUT2D eigenvalue weighted by Gasteiger charge is 2.32. The largest absolute Gasteiger partial charge is 0.496 e. The molecule has 0 bridgehead atoms. The smallest absolute Gasteiger partial charge is 0.264 e. The number of methoxy groups -OCH3 is 1. The van der Waals surface area contributed by atoms with E-state index in [4.69, 9.17) is 8.92 Å². The summed E-state index contributed by atoms with van der Waals surface area (Å²) in [6, 6.07) is 14.9. The van der Waals surface area contributed by atoms with Crippen LogP contribution in [0.4, 0.5) is 10.1 Å². The van der Waals surface area contributed by atoms with Crippen molar-refractivity contribution in [2.45, 2.75) is 18.9 Å². The molecule has 12 heteroatoms. The number of nitriles is 1. The molecule has 1 aliphatic heterocycles. The van der Waals surface area contributed by atoms with E-state index in [9.17, 15) is 22.9 Å². The normalized spacial score (nSPS) is 14.6. The summed E-state index contributed by atoms with van der Waals surface area (Å²) >= 11 is 0. The first-order valence-electron chi connectivity index (χ1n) is 13.0. The van der Waals surface area contributed by atoms with E-state index in [0.717, 1.165) is 11.8 Å². The molecule has 1 saturated heterocycles. The highest BCUT2D eigenvalue weighted by Crippen LogP contribution is 2.36. The molecule has 10 nitrogen and oxygen atoms in total. The van der Waals surface area contributed by atoms with Gasteiger partial charge < -0.3 is 9.64 Å². The molecule has 0 saturated carbocycles. The Morgan fingerprint density at radius 3 is 2.74 bits per heavy atom. The van der Waals surface area contributed by atoms with Gasteiger partial charge in [-0.25, -0.2) is 14.4 Å². The van der Waals surface area contributed by atoms with Gasteiger partial charge in [-0.1, -0.05) is 18.2 Å². The summed E-state index contributed by atoms with van der Waals surface area (Å²) in [6.07, 6.45) is 6.18. The highest BCUT2D eigenvalue weighted by molar-refractivity contribution is 7.85. The minimum Gasteiger partial charge on any atom is -0.496 e. The molecule has 1 aliphatic rings. The maximum Gasteiger partial charge on any atom is 0.264 e. The third-order valence-electron chi connectivity index (χ3n) is 6.98. The summed E-state index contributed by atoms with van der Waals surface area (Å²) in [5.41, 5.74) is 3.31. The standard InChI is InChI=1S/C30H26FN5O5S/c1-40-28-5-3-4-24(31)29(28)30-34-12-9-25(35-30)27(37)15-20-7-6-19(23-17-33-11-8-21(23)16-32)14-26(20)36-13-10-22(36)18-41-42(2,38)39/h3-9,11-12,14,17,22H,10,13,15,18H2,1-2H3/t22-/m1/s1. The molecular formula is C30H26FN5O5S. The van der Waals surface area contributed by atoms with Crippen molar-refractivity contribution < 1.29 is 26.5 Å². The molecule has 0 spiro atoms. The van der Waals surface area contributed by atoms with E-state index in [-0.39, 0.29) is 47.7 Å². The van der Waals surface area contributed by atoms with Gasteiger partial charge in [-0.3, -0.25) is 14.0 Å². The molecule has 0 radical (unpaired) electrons. The van der Waals surface area contributed by atoms with Crippen LogP contribution in [0.25, 0.3) is 22.5 Å². The zero-order chi connectivity index (χ0) is 29.9. The number of anilines is 1. The zero-order valence-electron chi connectivity index (χ0n) is 22.8. The lowest BCUT2D eigenvalue weighted by molar-refractivity contribution is 0.0988. The number of rotatable bonds is 10. The molecular weight excluding hydrogens is 561 g/mol. The van der Waals surface area contributed by atoms with Crippen LogP contribution < -0.4 is 9.64 Å². The minimum absolute atomic E-state index is 0.0210. The van der Waals surface area contributed by atoms with Crippen LogP contribution in [0.15, 0.2) is 67.1 Å². The van der Waals surface area contributed by atoms with E-state index in [1.807, 2.05) is 11.0 Å². The number of hydrogen-bond donors (Lipinski definition) is 0. The molecule has 214 valence electrons. The van der Waals surface area contributed by atoms with Gasteiger partial charge in [0, 0.05) is 42.8 Å². The Bertz CT molecular complexity index is 1810. The zero-order valence-corrected chi connectivity index (χ0v) is 23.6. The molecule has 2 aromatic heterocycles. The lowest BCUT2D eigenvalue weighted by Crippen LogP contribution is -2.51. The van der Waals surface area contributed by atoms with Crippen molar-refractivity contribution in [1.29, 1.82) is 5.26 Å². The fourth-order valence-corrected chi connectivity index (χ4v) is 5.20. The second-order valence-electron chi connectivity index (χ2n) is 9.68. The quantitative estimate of drug-likeness (QED) is 0.196. The van der Waals surface area contributed by atoms with E-state index < -0.39 is 15.9 Å². The number of pyridine rings is 1. The van der Waals surface area contributed by atoms with Crippen LogP contribution in [0.2, 0.25) is 0 Å². The molecule has 0 unspecified atom stereocenters. The highest BCUT2D eigenvalue weighted by atomic mass is 32.2. The number of carbonyl (C=O) groups is 1. The number of Topliss-reactive ketones (excluding diaryl/α,β-unsaturated/α-hetero) is 1. The van der Waals surface area contributed by atoms with Crippen LogP contribution in [-0.2, 0) is 20.7 Å². The van der Waals surface area contributed by atoms with Gasteiger partial charge in [0.05, 0.1) is 43.2 Å². The van der Waals surface area contributed by atoms with Crippen molar-refractivity contribution in [1.82, 2.24) is 15.0 Å². The van der Waals surface area contributed by atoms with E-state index in [2.05, 4.69) is 21.0 Å². The van der Waals surface area contributed by atoms with Crippen LogP contribution >= 0.6 is 0 Å². The lowest BCUT2D eigenvalue weighted by atomic mass is 9.94. The van der Waals surface area contributed by atoms with Crippen LogP contribution in [0.1, 0.15) is 28.0 Å². The first-order chi connectivity index (χ1) is 20.2. The average molecular weight is 588 g/mol. The molecule has 3 heterocycles. The number of ketones is 1. The van der Waals surface area contributed by atoms with E-state index in [1.165, 1.54) is 37.7 Å². The Labute approximate surface area is 242 Å². The van der Waals surface area contributed by atoms with E-state index >= 15 is 0 Å². The number of benzene rings is 2. The molecule has 0 N–H and O–H groups in total. The van der Waals surface area contributed by atoms with Crippen molar-refractivity contribution in [3.63, 3.8) is 0 Å². The Balaban J connectivity index is 1.50. The third-order valence-corrected chi connectivity index (χ3v) is 7.54. The molecule has 0 aliphatic carbocycles. The van der Waals surface area contributed by atoms with Gasteiger partial charge in [0.15, 0.2) is 11.6 Å². The van der Waals surface area contributed by atoms with Gasteiger partial charge in [0.1, 0.15) is 17.3 Å². The van der Waals surface area contributed by atoms with Crippen molar-refractivity contribution in [2.24, 2.45) is 0 Å². The predicted octanol–water partition coefficient (Wildman–Crippen LogP) is 4.21. The third kappa shape index (κ3) is 6.12. The van der Waals surface area contributed by atoms with Crippen molar-refractivity contribution in [2.75, 3.05) is 31.4 Å². The first kappa shape index (κ1) is 28.8. The summed E-state index contributed by atoms with van der Waals surface area (Å²) in [4.78, 5) is 28.2. The van der Waals surface area contributed by atoms with Gasteiger partial charge in [-0.2, -0.15) is 13.7 Å². The van der Waals surface area contributed by atoms with Crippen molar-refractivity contribution in [3.05, 3.63) is 89.8 Å². The molecule has 4 aromatic rings. The van der Waals surface area contributed by atoms with Gasteiger partial charge in [0.25, 0.3) is 10.1 Å². The molecule has 1 fully saturated rings. The van der Waals surface area contributed by atoms with Crippen LogP contribution in [0.5, 0.6) is 5.75 Å². The maximum absolute atomic E-state index is 14.7. The number of hydrogen-bond acceptors (Lipinski definition) is 10. The van der Waals surface area contributed by atoms with E-state index in [1.54, 1.807) is 30.5 Å². The second-order valence-corrected chi connectivity index (χ2v) is 11.3. The van der Waals surface area contributed by atoms with E-state index in [0.29, 0.717) is 35.3 Å². The fourth-order valence-electron chi connectivity index (χ4n) is 4.79. The maximum atomic E-state index is 14.7. The van der Waals surface area contributed by atoms with Crippen LogP contribution in [-0.4, -0.2) is 61.7 Å². The Kier molecular flexibility index (Phi) is 8.24. The molecule has 42 heavy (non-hydrogen) atoms.